The number of hydrogen-bond donors (Lipinski definition) is 1. The molecule has 1 N–H and O–H groups in total. The van der Waals surface area contributed by atoms with Crippen molar-refractivity contribution in [1.82, 2.24) is 0 Å². The average molecular weight is 416 g/mol. The molecule has 0 unspecified atom stereocenters. The van der Waals surface area contributed by atoms with Gasteiger partial charge in [0.2, 0.25) is 0 Å². The molecule has 0 aliphatic rings. The van der Waals surface area contributed by atoms with Crippen LogP contribution in [0.15, 0.2) is 45.8 Å². The molecule has 0 atom stereocenters. The summed E-state index contributed by atoms with van der Waals surface area (Å²) in [5, 5.41) is 0. The van der Waals surface area contributed by atoms with Gasteiger partial charge in [0.1, 0.15) is 10.7 Å². The summed E-state index contributed by atoms with van der Waals surface area (Å²) in [4.78, 5) is 11.1. The van der Waals surface area contributed by atoms with Gasteiger partial charge in [-0.3, -0.25) is 4.72 Å². The molecule has 0 aliphatic heterocycles. The highest BCUT2D eigenvalue weighted by atomic mass is 79.9. The molecule has 0 bridgehead atoms. The van der Waals surface area contributed by atoms with E-state index in [1.807, 2.05) is 6.92 Å². The number of nitrogens with one attached hydrogen (secondary N) is 1. The van der Waals surface area contributed by atoms with E-state index in [9.17, 15) is 17.6 Å². The van der Waals surface area contributed by atoms with Gasteiger partial charge in [0.15, 0.2) is 0 Å². The summed E-state index contributed by atoms with van der Waals surface area (Å²) < 4.78 is 46.3. The molecule has 0 heterocycles. The summed E-state index contributed by atoms with van der Waals surface area (Å²) in [7, 11) is -3.06. The van der Waals surface area contributed by atoms with Gasteiger partial charge in [-0.15, -0.1) is 0 Å². The van der Waals surface area contributed by atoms with E-state index in [1.54, 1.807) is 24.3 Å². The maximum Gasteiger partial charge on any atom is 0.339 e. The number of ether oxygens (including phenoxy) is 1. The topological polar surface area (TPSA) is 72.5 Å². The Kier molecular flexibility index (Phi) is 5.61. The molecule has 2 aromatic carbocycles. The number of aryl methyl sites for hydroxylation is 1. The lowest BCUT2D eigenvalue weighted by Gasteiger charge is -2.13. The van der Waals surface area contributed by atoms with Crippen molar-refractivity contribution in [3.63, 3.8) is 0 Å². The molecule has 0 amide bonds. The van der Waals surface area contributed by atoms with Gasteiger partial charge < -0.3 is 4.74 Å². The number of halogens is 2. The number of methoxy groups -OCH3 is 1. The van der Waals surface area contributed by atoms with Gasteiger partial charge in [0.05, 0.1) is 18.4 Å². The second-order valence-corrected chi connectivity index (χ2v) is 7.38. The van der Waals surface area contributed by atoms with Gasteiger partial charge >= 0.3 is 5.97 Å². The lowest BCUT2D eigenvalue weighted by atomic mass is 10.1. The second kappa shape index (κ2) is 7.31. The van der Waals surface area contributed by atoms with Crippen LogP contribution in [0.25, 0.3) is 0 Å². The molecule has 2 rings (SSSR count). The first-order valence-electron chi connectivity index (χ1n) is 6.98. The van der Waals surface area contributed by atoms with Crippen LogP contribution in [-0.2, 0) is 21.2 Å². The molecule has 0 radical (unpaired) electrons. The first-order chi connectivity index (χ1) is 11.3. The minimum absolute atomic E-state index is 0.0805. The summed E-state index contributed by atoms with van der Waals surface area (Å²) in [6.07, 6.45) is 0.606. The Bertz CT molecular complexity index is 884. The van der Waals surface area contributed by atoms with Crippen molar-refractivity contribution in [2.75, 3.05) is 11.8 Å². The van der Waals surface area contributed by atoms with Crippen LogP contribution in [0.5, 0.6) is 0 Å². The number of para-hydroxylation sites is 1. The standard InChI is InChI=1S/C16H15BrFNO4S/c1-3-10-6-4-5-7-14(10)19-24(21,22)15-8-11(16(20)23-2)12(17)9-13(15)18/h4-9,19H,3H2,1-2H3. The quantitative estimate of drug-likeness (QED) is 0.754. The fraction of sp³-hybridized carbons (Fsp3) is 0.188. The van der Waals surface area contributed by atoms with Crippen molar-refractivity contribution in [2.24, 2.45) is 0 Å². The average Bonchev–Trinajstić information content (AvgIpc) is 2.54. The highest BCUT2D eigenvalue weighted by Crippen LogP contribution is 2.27. The molecule has 8 heteroatoms. The summed E-state index contributed by atoms with van der Waals surface area (Å²) >= 11 is 3.02. The van der Waals surface area contributed by atoms with Crippen molar-refractivity contribution in [3.8, 4) is 0 Å². The largest absolute Gasteiger partial charge is 0.465 e. The Balaban J connectivity index is 2.51. The number of sulfonamides is 1. The fourth-order valence-corrected chi connectivity index (χ4v) is 3.79. The van der Waals surface area contributed by atoms with Gasteiger partial charge in [-0.1, -0.05) is 25.1 Å². The van der Waals surface area contributed by atoms with Crippen molar-refractivity contribution in [2.45, 2.75) is 18.2 Å². The predicted octanol–water partition coefficient (Wildman–Crippen LogP) is 3.74. The Labute approximate surface area is 148 Å². The first kappa shape index (κ1) is 18.4. The van der Waals surface area contributed by atoms with E-state index >= 15 is 0 Å². The molecule has 0 saturated heterocycles. The van der Waals surface area contributed by atoms with Gasteiger partial charge in [-0.05, 0) is 46.1 Å². The molecule has 0 aliphatic carbocycles. The van der Waals surface area contributed by atoms with E-state index in [0.717, 1.165) is 24.8 Å². The molecule has 0 saturated carbocycles. The number of carbonyl (C=O) groups excluding carboxylic acids is 1. The smallest absolute Gasteiger partial charge is 0.339 e. The highest BCUT2D eigenvalue weighted by Gasteiger charge is 2.24. The third-order valence-electron chi connectivity index (χ3n) is 3.36. The first-order valence-corrected chi connectivity index (χ1v) is 9.25. The Morgan fingerprint density at radius 3 is 2.58 bits per heavy atom. The zero-order chi connectivity index (χ0) is 17.9. The van der Waals surface area contributed by atoms with Crippen molar-refractivity contribution >= 4 is 37.6 Å². The highest BCUT2D eigenvalue weighted by molar-refractivity contribution is 9.10. The van der Waals surface area contributed by atoms with Crippen molar-refractivity contribution < 1.29 is 22.3 Å². The Hall–Kier alpha value is -1.93. The van der Waals surface area contributed by atoms with Crippen LogP contribution in [0.1, 0.15) is 22.8 Å². The Morgan fingerprint density at radius 2 is 1.96 bits per heavy atom. The molecule has 24 heavy (non-hydrogen) atoms. The zero-order valence-corrected chi connectivity index (χ0v) is 15.4. The summed E-state index contributed by atoms with van der Waals surface area (Å²) in [5.41, 5.74) is 1.05. The molecule has 5 nitrogen and oxygen atoms in total. The normalized spacial score (nSPS) is 11.2. The molecule has 2 aromatic rings. The lowest BCUT2D eigenvalue weighted by Crippen LogP contribution is -2.17. The minimum atomic E-state index is -4.21. The molecule has 0 aromatic heterocycles. The second-order valence-electron chi connectivity index (χ2n) is 4.87. The van der Waals surface area contributed by atoms with Gasteiger partial charge in [0.25, 0.3) is 10.0 Å². The van der Waals surface area contributed by atoms with E-state index < -0.39 is 26.7 Å². The molecular formula is C16H15BrFNO4S. The van der Waals surface area contributed by atoms with Gasteiger partial charge in [0, 0.05) is 4.47 Å². The number of hydrogen-bond acceptors (Lipinski definition) is 4. The molecule has 0 fully saturated rings. The molecular weight excluding hydrogens is 401 g/mol. The van der Waals surface area contributed by atoms with Crippen LogP contribution in [0.4, 0.5) is 10.1 Å². The van der Waals surface area contributed by atoms with Gasteiger partial charge in [-0.25, -0.2) is 17.6 Å². The Morgan fingerprint density at radius 1 is 1.29 bits per heavy atom. The van der Waals surface area contributed by atoms with Crippen molar-refractivity contribution in [1.29, 1.82) is 0 Å². The van der Waals surface area contributed by atoms with Crippen LogP contribution >= 0.6 is 15.9 Å². The van der Waals surface area contributed by atoms with Crippen molar-refractivity contribution in [3.05, 3.63) is 57.8 Å². The number of rotatable bonds is 5. The van der Waals surface area contributed by atoms with Gasteiger partial charge in [-0.2, -0.15) is 0 Å². The third kappa shape index (κ3) is 3.76. The fourth-order valence-electron chi connectivity index (χ4n) is 2.13. The third-order valence-corrected chi connectivity index (χ3v) is 5.40. The maximum absolute atomic E-state index is 14.2. The van der Waals surface area contributed by atoms with E-state index in [4.69, 9.17) is 0 Å². The SMILES string of the molecule is CCc1ccccc1NS(=O)(=O)c1cc(C(=O)OC)c(Br)cc1F. The lowest BCUT2D eigenvalue weighted by molar-refractivity contribution is 0.0599. The van der Waals surface area contributed by atoms with Crippen LogP contribution in [0.3, 0.4) is 0 Å². The number of benzene rings is 2. The summed E-state index contributed by atoms with van der Waals surface area (Å²) in [6.45, 7) is 1.88. The predicted molar refractivity (Wildman–Crippen MR) is 92.1 cm³/mol. The van der Waals surface area contributed by atoms with E-state index in [0.29, 0.717) is 12.1 Å². The number of carbonyl (C=O) groups is 1. The van der Waals surface area contributed by atoms with Crippen LogP contribution in [0, 0.1) is 5.82 Å². The zero-order valence-electron chi connectivity index (χ0n) is 13.0. The van der Waals surface area contributed by atoms with E-state index in [2.05, 4.69) is 25.4 Å². The number of esters is 1. The summed E-state index contributed by atoms with van der Waals surface area (Å²) in [6, 6.07) is 8.69. The maximum atomic E-state index is 14.2. The molecule has 128 valence electrons. The monoisotopic (exact) mass is 415 g/mol. The van der Waals surface area contributed by atoms with Crippen LogP contribution in [-0.4, -0.2) is 21.5 Å². The van der Waals surface area contributed by atoms with Crippen LogP contribution in [0.2, 0.25) is 0 Å². The minimum Gasteiger partial charge on any atom is -0.465 e. The van der Waals surface area contributed by atoms with E-state index in [1.165, 1.54) is 0 Å². The van der Waals surface area contributed by atoms with E-state index in [-0.39, 0.29) is 10.0 Å². The summed E-state index contributed by atoms with van der Waals surface area (Å²) in [5.74, 6) is -1.75. The number of anilines is 1. The van der Waals surface area contributed by atoms with Crippen LogP contribution < -0.4 is 4.72 Å². The molecule has 0 spiro atoms.